The summed E-state index contributed by atoms with van der Waals surface area (Å²) in [5.41, 5.74) is 7.62. The fourth-order valence-corrected chi connectivity index (χ4v) is 3.92. The fourth-order valence-electron chi connectivity index (χ4n) is 3.92. The summed E-state index contributed by atoms with van der Waals surface area (Å²) in [6.45, 7) is 4.02. The first-order valence-corrected chi connectivity index (χ1v) is 10.4. The van der Waals surface area contributed by atoms with Crippen LogP contribution in [0.25, 0.3) is 0 Å². The number of amides is 3. The van der Waals surface area contributed by atoms with E-state index in [1.807, 2.05) is 13.8 Å². The van der Waals surface area contributed by atoms with Crippen LogP contribution in [0.4, 0.5) is 17.1 Å². The SMILES string of the molecule is CC1(C)C(=O)Nc2cc(N3CCO[C@H](C(O)C(=O)Nc4ccc(C(=N)N)cc4)C3=O)ccc21.Cl. The van der Waals surface area contributed by atoms with Crippen LogP contribution >= 0.6 is 12.4 Å². The number of aliphatic hydroxyl groups excluding tert-OH is 1. The van der Waals surface area contributed by atoms with Gasteiger partial charge in [0.1, 0.15) is 5.84 Å². The summed E-state index contributed by atoms with van der Waals surface area (Å²) in [4.78, 5) is 39.3. The molecule has 2 aliphatic heterocycles. The van der Waals surface area contributed by atoms with Gasteiger partial charge in [-0.25, -0.2) is 0 Å². The minimum atomic E-state index is -1.74. The largest absolute Gasteiger partial charge is 0.384 e. The van der Waals surface area contributed by atoms with E-state index < -0.39 is 29.4 Å². The maximum Gasteiger partial charge on any atom is 0.259 e. The van der Waals surface area contributed by atoms with Crippen molar-refractivity contribution in [2.45, 2.75) is 31.5 Å². The van der Waals surface area contributed by atoms with Gasteiger partial charge in [0.2, 0.25) is 5.91 Å². The van der Waals surface area contributed by atoms with E-state index >= 15 is 0 Å². The van der Waals surface area contributed by atoms with Gasteiger partial charge in [-0.1, -0.05) is 6.07 Å². The molecule has 10 nitrogen and oxygen atoms in total. The van der Waals surface area contributed by atoms with Gasteiger partial charge in [0.25, 0.3) is 11.8 Å². The first-order valence-electron chi connectivity index (χ1n) is 10.4. The van der Waals surface area contributed by atoms with Crippen molar-refractivity contribution in [2.75, 3.05) is 28.7 Å². The number of rotatable bonds is 5. The quantitative estimate of drug-likeness (QED) is 0.316. The Kier molecular flexibility index (Phi) is 6.97. The highest BCUT2D eigenvalue weighted by Crippen LogP contribution is 2.39. The Morgan fingerprint density at radius 2 is 1.94 bits per heavy atom. The fraction of sp³-hybridized carbons (Fsp3) is 0.304. The number of morpholine rings is 1. The Labute approximate surface area is 202 Å². The van der Waals surface area contributed by atoms with E-state index in [-0.39, 0.29) is 37.3 Å². The molecule has 11 heteroatoms. The van der Waals surface area contributed by atoms with Gasteiger partial charge in [0, 0.05) is 29.2 Å². The van der Waals surface area contributed by atoms with Crippen LogP contribution < -0.4 is 21.3 Å². The van der Waals surface area contributed by atoms with Crippen molar-refractivity contribution in [3.05, 3.63) is 53.6 Å². The highest BCUT2D eigenvalue weighted by Gasteiger charge is 2.41. The van der Waals surface area contributed by atoms with Crippen molar-refractivity contribution in [3.63, 3.8) is 0 Å². The number of anilines is 3. The number of halogens is 1. The number of nitrogens with zero attached hydrogens (tertiary/aromatic N) is 1. The molecule has 2 heterocycles. The monoisotopic (exact) mass is 487 g/mol. The number of aliphatic hydroxyl groups is 1. The third kappa shape index (κ3) is 4.47. The van der Waals surface area contributed by atoms with E-state index in [1.165, 1.54) is 17.0 Å². The van der Waals surface area contributed by atoms with E-state index in [2.05, 4.69) is 10.6 Å². The highest BCUT2D eigenvalue weighted by molar-refractivity contribution is 6.08. The molecule has 0 aromatic heterocycles. The minimum absolute atomic E-state index is 0. The smallest absolute Gasteiger partial charge is 0.259 e. The Balaban J connectivity index is 0.00000324. The molecule has 6 N–H and O–H groups in total. The Morgan fingerprint density at radius 1 is 1.26 bits per heavy atom. The Morgan fingerprint density at radius 3 is 2.59 bits per heavy atom. The zero-order valence-corrected chi connectivity index (χ0v) is 19.4. The third-order valence-electron chi connectivity index (χ3n) is 5.94. The number of hydrogen-bond donors (Lipinski definition) is 5. The molecule has 3 amide bonds. The Hall–Kier alpha value is -3.47. The lowest BCUT2D eigenvalue weighted by atomic mass is 9.86. The van der Waals surface area contributed by atoms with Crippen molar-refractivity contribution in [1.29, 1.82) is 5.41 Å². The van der Waals surface area contributed by atoms with Gasteiger partial charge in [-0.15, -0.1) is 12.4 Å². The first kappa shape index (κ1) is 25.2. The van der Waals surface area contributed by atoms with Crippen LogP contribution in [0.2, 0.25) is 0 Å². The number of fused-ring (bicyclic) bond motifs is 1. The molecule has 2 aromatic rings. The normalized spacial score (nSPS) is 19.5. The van der Waals surface area contributed by atoms with Crippen LogP contribution in [-0.4, -0.2) is 54.0 Å². The summed E-state index contributed by atoms with van der Waals surface area (Å²) in [7, 11) is 0. The maximum absolute atomic E-state index is 13.1. The molecular formula is C23H26ClN5O5. The van der Waals surface area contributed by atoms with Gasteiger partial charge < -0.3 is 31.1 Å². The minimum Gasteiger partial charge on any atom is -0.384 e. The van der Waals surface area contributed by atoms with Crippen molar-refractivity contribution < 1.29 is 24.2 Å². The van der Waals surface area contributed by atoms with Crippen molar-refractivity contribution in [3.8, 4) is 0 Å². The predicted molar refractivity (Wildman–Crippen MR) is 130 cm³/mol. The molecule has 0 aliphatic carbocycles. The molecule has 0 saturated carbocycles. The standard InChI is InChI=1S/C23H25N5O5.ClH/c1-23(2)15-8-7-14(11-16(15)27-22(23)32)28-9-10-33-18(21(28)31)17(29)20(30)26-13-5-3-12(4-6-13)19(24)25;/h3-8,11,17-18,29H,9-10H2,1-2H3,(H3,24,25)(H,26,30)(H,27,32);1H/t17?,18-;/m1./s1. The molecule has 1 fully saturated rings. The van der Waals surface area contributed by atoms with Gasteiger partial charge in [0.05, 0.1) is 12.0 Å². The number of ether oxygens (including phenoxy) is 1. The molecule has 4 rings (SSSR count). The lowest BCUT2D eigenvalue weighted by molar-refractivity contribution is -0.150. The topological polar surface area (TPSA) is 158 Å². The van der Waals surface area contributed by atoms with Crippen LogP contribution in [0.3, 0.4) is 0 Å². The second-order valence-electron chi connectivity index (χ2n) is 8.52. The molecule has 180 valence electrons. The van der Waals surface area contributed by atoms with Crippen molar-refractivity contribution in [1.82, 2.24) is 0 Å². The summed E-state index contributed by atoms with van der Waals surface area (Å²) in [5, 5.41) is 23.3. The third-order valence-corrected chi connectivity index (χ3v) is 5.94. The molecule has 2 aromatic carbocycles. The summed E-state index contributed by atoms with van der Waals surface area (Å²) in [6, 6.07) is 11.4. The summed E-state index contributed by atoms with van der Waals surface area (Å²) >= 11 is 0. The predicted octanol–water partition coefficient (Wildman–Crippen LogP) is 1.35. The zero-order chi connectivity index (χ0) is 23.9. The highest BCUT2D eigenvalue weighted by atomic mass is 35.5. The molecule has 2 aliphatic rings. The molecule has 0 radical (unpaired) electrons. The number of hydrogen-bond acceptors (Lipinski definition) is 6. The maximum atomic E-state index is 13.1. The number of nitrogens with one attached hydrogen (secondary N) is 3. The second kappa shape index (κ2) is 9.41. The molecule has 2 atom stereocenters. The Bertz CT molecular complexity index is 1150. The summed E-state index contributed by atoms with van der Waals surface area (Å²) < 4.78 is 5.44. The number of amidine groups is 1. The van der Waals surface area contributed by atoms with E-state index in [9.17, 15) is 19.5 Å². The van der Waals surface area contributed by atoms with Crippen LogP contribution in [-0.2, 0) is 24.5 Å². The number of carbonyl (C=O) groups excluding carboxylic acids is 3. The average molecular weight is 488 g/mol. The van der Waals surface area contributed by atoms with E-state index in [0.717, 1.165) is 5.56 Å². The molecule has 0 bridgehead atoms. The van der Waals surface area contributed by atoms with Crippen LogP contribution in [0.5, 0.6) is 0 Å². The number of carbonyl (C=O) groups is 3. The lowest BCUT2D eigenvalue weighted by Gasteiger charge is -2.34. The summed E-state index contributed by atoms with van der Waals surface area (Å²) in [5.74, 6) is -1.58. The van der Waals surface area contributed by atoms with Gasteiger partial charge in [-0.05, 0) is 55.8 Å². The number of benzene rings is 2. The van der Waals surface area contributed by atoms with Crippen LogP contribution in [0.15, 0.2) is 42.5 Å². The van der Waals surface area contributed by atoms with Crippen LogP contribution in [0.1, 0.15) is 25.0 Å². The zero-order valence-electron chi connectivity index (χ0n) is 18.6. The van der Waals surface area contributed by atoms with Gasteiger partial charge in [-0.2, -0.15) is 0 Å². The van der Waals surface area contributed by atoms with Gasteiger partial charge in [-0.3, -0.25) is 19.8 Å². The molecular weight excluding hydrogens is 462 g/mol. The molecule has 1 unspecified atom stereocenters. The average Bonchev–Trinajstić information content (AvgIpc) is 3.01. The van der Waals surface area contributed by atoms with E-state index in [1.54, 1.807) is 30.3 Å². The number of nitrogen functional groups attached to an aromatic ring is 1. The lowest BCUT2D eigenvalue weighted by Crippen LogP contribution is -2.55. The molecule has 1 saturated heterocycles. The van der Waals surface area contributed by atoms with Gasteiger partial charge >= 0.3 is 0 Å². The van der Waals surface area contributed by atoms with E-state index in [0.29, 0.717) is 22.6 Å². The molecule has 34 heavy (non-hydrogen) atoms. The summed E-state index contributed by atoms with van der Waals surface area (Å²) in [6.07, 6.45) is -3.12. The van der Waals surface area contributed by atoms with E-state index in [4.69, 9.17) is 15.9 Å². The van der Waals surface area contributed by atoms with Crippen molar-refractivity contribution in [2.24, 2.45) is 5.73 Å². The molecule has 0 spiro atoms. The first-order chi connectivity index (χ1) is 15.6. The number of nitrogens with two attached hydrogens (primary N) is 1. The van der Waals surface area contributed by atoms with Gasteiger partial charge in [0.15, 0.2) is 12.2 Å². The van der Waals surface area contributed by atoms with Crippen molar-refractivity contribution >= 4 is 53.0 Å². The van der Waals surface area contributed by atoms with Crippen LogP contribution in [0, 0.1) is 5.41 Å². The second-order valence-corrected chi connectivity index (χ2v) is 8.52.